The van der Waals surface area contributed by atoms with Gasteiger partial charge >= 0.3 is 6.03 Å². The largest absolute Gasteiger partial charge is 0.336 e. The molecule has 1 unspecified atom stereocenters. The van der Waals surface area contributed by atoms with Gasteiger partial charge in [0, 0.05) is 44.2 Å². The quantitative estimate of drug-likeness (QED) is 0.452. The van der Waals surface area contributed by atoms with Crippen molar-refractivity contribution in [2.75, 3.05) is 53.9 Å². The van der Waals surface area contributed by atoms with E-state index in [1.54, 1.807) is 0 Å². The number of nitrogens with one attached hydrogen (secondary N) is 4. The molecule has 0 aromatic rings. The van der Waals surface area contributed by atoms with E-state index >= 15 is 0 Å². The van der Waals surface area contributed by atoms with Crippen LogP contribution in [0.3, 0.4) is 0 Å². The molecule has 1 atom stereocenters. The first-order chi connectivity index (χ1) is 8.58. The van der Waals surface area contributed by atoms with Gasteiger partial charge in [0.15, 0.2) is 0 Å². The minimum absolute atomic E-state index is 0.00812. The van der Waals surface area contributed by atoms with E-state index in [9.17, 15) is 4.79 Å². The molecular weight excluding hydrogens is 230 g/mol. The molecular formula is C12H27N5O. The van der Waals surface area contributed by atoms with Crippen molar-refractivity contribution >= 4 is 6.03 Å². The molecule has 1 aliphatic heterocycles. The van der Waals surface area contributed by atoms with E-state index in [1.165, 1.54) is 0 Å². The van der Waals surface area contributed by atoms with Crippen molar-refractivity contribution in [3.63, 3.8) is 0 Å². The molecule has 1 fully saturated rings. The molecule has 0 aliphatic carbocycles. The zero-order valence-electron chi connectivity index (χ0n) is 12.0. The van der Waals surface area contributed by atoms with Gasteiger partial charge in [-0.3, -0.25) is 0 Å². The first kappa shape index (κ1) is 15.2. The van der Waals surface area contributed by atoms with Crippen LogP contribution in [0.1, 0.15) is 6.92 Å². The molecule has 2 amide bonds. The Hall–Kier alpha value is -0.850. The highest BCUT2D eigenvalue weighted by Crippen LogP contribution is 2.20. The maximum Gasteiger partial charge on any atom is 0.317 e. The molecule has 0 saturated carbocycles. The van der Waals surface area contributed by atoms with E-state index in [4.69, 9.17) is 0 Å². The molecule has 1 aliphatic rings. The standard InChI is InChI=1S/C12H27N5O/c1-10-5-16-11(18)17(10)9-12(6-13-2,7-14-3)8-15-4/h10,13-15H,5-9H2,1-4H3,(H,16,18). The van der Waals surface area contributed by atoms with Crippen molar-refractivity contribution in [3.8, 4) is 0 Å². The minimum atomic E-state index is 0.00812. The van der Waals surface area contributed by atoms with Crippen LogP contribution in [0.15, 0.2) is 0 Å². The molecule has 1 rings (SSSR count). The van der Waals surface area contributed by atoms with E-state index in [2.05, 4.69) is 28.2 Å². The number of hydrogen-bond donors (Lipinski definition) is 4. The zero-order valence-corrected chi connectivity index (χ0v) is 12.0. The summed E-state index contributed by atoms with van der Waals surface area (Å²) in [4.78, 5) is 13.8. The second-order valence-corrected chi connectivity index (χ2v) is 5.25. The van der Waals surface area contributed by atoms with Crippen LogP contribution in [0.25, 0.3) is 0 Å². The Bertz CT molecular complexity index is 254. The maximum absolute atomic E-state index is 11.8. The second-order valence-electron chi connectivity index (χ2n) is 5.25. The number of nitrogens with zero attached hydrogens (tertiary/aromatic N) is 1. The van der Waals surface area contributed by atoms with Gasteiger partial charge in [0.2, 0.25) is 0 Å². The third kappa shape index (κ3) is 3.57. The van der Waals surface area contributed by atoms with Crippen LogP contribution in [-0.4, -0.2) is 70.8 Å². The number of rotatable bonds is 8. The number of hydrogen-bond acceptors (Lipinski definition) is 4. The zero-order chi connectivity index (χ0) is 13.6. The Balaban J connectivity index is 2.77. The highest BCUT2D eigenvalue weighted by Gasteiger charge is 2.36. The summed E-state index contributed by atoms with van der Waals surface area (Å²) in [5.74, 6) is 0. The summed E-state index contributed by atoms with van der Waals surface area (Å²) < 4.78 is 0. The Labute approximate surface area is 110 Å². The number of carbonyl (C=O) groups is 1. The Kier molecular flexibility index (Phi) is 5.84. The van der Waals surface area contributed by atoms with Crippen LogP contribution >= 0.6 is 0 Å². The Morgan fingerprint density at radius 2 is 1.72 bits per heavy atom. The number of amides is 2. The fraction of sp³-hybridized carbons (Fsp3) is 0.917. The van der Waals surface area contributed by atoms with Gasteiger partial charge in [-0.15, -0.1) is 0 Å². The van der Waals surface area contributed by atoms with Crippen LogP contribution in [0.5, 0.6) is 0 Å². The van der Waals surface area contributed by atoms with E-state index in [0.717, 1.165) is 32.7 Å². The molecule has 6 heteroatoms. The van der Waals surface area contributed by atoms with Crippen molar-refractivity contribution in [2.45, 2.75) is 13.0 Å². The third-order valence-corrected chi connectivity index (χ3v) is 3.50. The average Bonchev–Trinajstić information content (AvgIpc) is 2.62. The van der Waals surface area contributed by atoms with Gasteiger partial charge in [-0.05, 0) is 28.1 Å². The Morgan fingerprint density at radius 1 is 1.22 bits per heavy atom. The van der Waals surface area contributed by atoms with Crippen LogP contribution in [0.4, 0.5) is 4.79 Å². The van der Waals surface area contributed by atoms with Crippen LogP contribution in [0.2, 0.25) is 0 Å². The highest BCUT2D eigenvalue weighted by molar-refractivity contribution is 5.76. The highest BCUT2D eigenvalue weighted by atomic mass is 16.2. The SMILES string of the molecule is CNCC(CNC)(CNC)CN1C(=O)NCC1C. The molecule has 4 N–H and O–H groups in total. The van der Waals surface area contributed by atoms with E-state index in [-0.39, 0.29) is 17.5 Å². The minimum Gasteiger partial charge on any atom is -0.336 e. The smallest absolute Gasteiger partial charge is 0.317 e. The van der Waals surface area contributed by atoms with Crippen LogP contribution < -0.4 is 21.3 Å². The van der Waals surface area contributed by atoms with Crippen molar-refractivity contribution in [1.29, 1.82) is 0 Å². The van der Waals surface area contributed by atoms with Crippen molar-refractivity contribution < 1.29 is 4.79 Å². The van der Waals surface area contributed by atoms with Gasteiger partial charge < -0.3 is 26.2 Å². The first-order valence-corrected chi connectivity index (χ1v) is 6.57. The van der Waals surface area contributed by atoms with Gasteiger partial charge in [-0.2, -0.15) is 0 Å². The normalized spacial score (nSPS) is 20.3. The molecule has 106 valence electrons. The summed E-state index contributed by atoms with van der Waals surface area (Å²) in [7, 11) is 5.86. The summed E-state index contributed by atoms with van der Waals surface area (Å²) in [5.41, 5.74) is 0.00812. The summed E-state index contributed by atoms with van der Waals surface area (Å²) in [6.45, 7) is 6.18. The number of urea groups is 1. The average molecular weight is 257 g/mol. The monoisotopic (exact) mass is 257 g/mol. The van der Waals surface area contributed by atoms with Crippen molar-refractivity contribution in [2.24, 2.45) is 5.41 Å². The lowest BCUT2D eigenvalue weighted by atomic mass is 9.86. The molecule has 0 aromatic carbocycles. The third-order valence-electron chi connectivity index (χ3n) is 3.50. The van der Waals surface area contributed by atoms with E-state index < -0.39 is 0 Å². The molecule has 18 heavy (non-hydrogen) atoms. The lowest BCUT2D eigenvalue weighted by Gasteiger charge is -2.38. The van der Waals surface area contributed by atoms with E-state index in [1.807, 2.05) is 26.0 Å². The van der Waals surface area contributed by atoms with Gasteiger partial charge in [0.05, 0.1) is 0 Å². The molecule has 0 spiro atoms. The van der Waals surface area contributed by atoms with Crippen molar-refractivity contribution in [1.82, 2.24) is 26.2 Å². The molecule has 0 aromatic heterocycles. The van der Waals surface area contributed by atoms with Gasteiger partial charge in [-0.1, -0.05) is 0 Å². The molecule has 1 heterocycles. The topological polar surface area (TPSA) is 68.4 Å². The summed E-state index contributed by atoms with van der Waals surface area (Å²) >= 11 is 0. The molecule has 1 saturated heterocycles. The van der Waals surface area contributed by atoms with Gasteiger partial charge in [0.25, 0.3) is 0 Å². The molecule has 0 bridgehead atoms. The van der Waals surface area contributed by atoms with Gasteiger partial charge in [-0.25, -0.2) is 4.79 Å². The summed E-state index contributed by atoms with van der Waals surface area (Å²) in [6, 6.07) is 0.317. The van der Waals surface area contributed by atoms with Crippen molar-refractivity contribution in [3.05, 3.63) is 0 Å². The predicted octanol–water partition coefficient (Wildman–Crippen LogP) is -0.955. The van der Waals surface area contributed by atoms with Gasteiger partial charge in [0.1, 0.15) is 0 Å². The fourth-order valence-corrected chi connectivity index (χ4v) is 2.72. The second kappa shape index (κ2) is 6.92. The lowest BCUT2D eigenvalue weighted by Crippen LogP contribution is -2.55. The first-order valence-electron chi connectivity index (χ1n) is 6.57. The lowest BCUT2D eigenvalue weighted by molar-refractivity contribution is 0.149. The fourth-order valence-electron chi connectivity index (χ4n) is 2.72. The predicted molar refractivity (Wildman–Crippen MR) is 73.8 cm³/mol. The number of carbonyl (C=O) groups excluding carboxylic acids is 1. The Morgan fingerprint density at radius 3 is 2.06 bits per heavy atom. The molecule has 6 nitrogen and oxygen atoms in total. The maximum atomic E-state index is 11.8. The van der Waals surface area contributed by atoms with Crippen LogP contribution in [0, 0.1) is 5.41 Å². The summed E-state index contributed by atoms with van der Waals surface area (Å²) in [6.07, 6.45) is 0. The molecule has 0 radical (unpaired) electrons. The summed E-state index contributed by atoms with van der Waals surface area (Å²) in [5, 5.41) is 12.6. The van der Waals surface area contributed by atoms with Crippen LogP contribution in [-0.2, 0) is 0 Å². The van der Waals surface area contributed by atoms with E-state index in [0.29, 0.717) is 0 Å².